The number of nitrogens with one attached hydrogen (secondary N) is 3. The fourth-order valence-corrected chi connectivity index (χ4v) is 3.33. The number of benzene rings is 1. The lowest BCUT2D eigenvalue weighted by Crippen LogP contribution is -2.51. The maximum absolute atomic E-state index is 13.4. The Hall–Kier alpha value is -2.62. The van der Waals surface area contributed by atoms with Gasteiger partial charge in [-0.2, -0.15) is 0 Å². The van der Waals surface area contributed by atoms with Gasteiger partial charge in [-0.25, -0.2) is 13.6 Å². The van der Waals surface area contributed by atoms with Gasteiger partial charge in [0.1, 0.15) is 17.7 Å². The van der Waals surface area contributed by atoms with Gasteiger partial charge < -0.3 is 16.0 Å². The average molecular weight is 377 g/mol. The zero-order valence-corrected chi connectivity index (χ0v) is 15.2. The van der Waals surface area contributed by atoms with Gasteiger partial charge in [-0.1, -0.05) is 31.6 Å². The number of amides is 3. The highest BCUT2D eigenvalue weighted by Crippen LogP contribution is 2.26. The maximum atomic E-state index is 13.4. The van der Waals surface area contributed by atoms with Crippen LogP contribution < -0.4 is 16.0 Å². The first-order valence-corrected chi connectivity index (χ1v) is 9.18. The molecule has 5 nitrogen and oxygen atoms in total. The van der Waals surface area contributed by atoms with E-state index in [2.05, 4.69) is 21.9 Å². The molecule has 1 fully saturated rings. The molecule has 0 aromatic heterocycles. The Labute approximate surface area is 158 Å². The molecule has 2 rings (SSSR count). The van der Waals surface area contributed by atoms with Gasteiger partial charge in [0.05, 0.1) is 6.54 Å². The van der Waals surface area contributed by atoms with Crippen molar-refractivity contribution in [3.05, 3.63) is 35.4 Å². The number of hydrogen-bond acceptors (Lipinski definition) is 2. The summed E-state index contributed by atoms with van der Waals surface area (Å²) in [6, 6.07) is 1.52. The summed E-state index contributed by atoms with van der Waals surface area (Å²) in [7, 11) is 0. The van der Waals surface area contributed by atoms with Crippen molar-refractivity contribution in [2.24, 2.45) is 5.92 Å². The quantitative estimate of drug-likeness (QED) is 0.609. The first-order chi connectivity index (χ1) is 13.0. The number of rotatable bonds is 8. The van der Waals surface area contributed by atoms with Crippen LogP contribution in [0.15, 0.2) is 18.2 Å². The smallest absolute Gasteiger partial charge is 0.315 e. The summed E-state index contributed by atoms with van der Waals surface area (Å²) in [5, 5.41) is 7.79. The number of carbonyl (C=O) groups is 2. The van der Waals surface area contributed by atoms with E-state index in [-0.39, 0.29) is 18.5 Å². The van der Waals surface area contributed by atoms with Crippen molar-refractivity contribution in [3.8, 4) is 12.3 Å². The molecule has 3 amide bonds. The largest absolute Gasteiger partial charge is 0.343 e. The van der Waals surface area contributed by atoms with Crippen LogP contribution in [0.25, 0.3) is 0 Å². The molecule has 1 atom stereocenters. The van der Waals surface area contributed by atoms with E-state index in [1.165, 1.54) is 25.7 Å². The van der Waals surface area contributed by atoms with Crippen molar-refractivity contribution in [1.82, 2.24) is 16.0 Å². The lowest BCUT2D eigenvalue weighted by Gasteiger charge is -2.19. The van der Waals surface area contributed by atoms with E-state index in [4.69, 9.17) is 6.42 Å². The van der Waals surface area contributed by atoms with E-state index in [1.54, 1.807) is 0 Å². The van der Waals surface area contributed by atoms with Crippen molar-refractivity contribution in [2.75, 3.05) is 13.1 Å². The van der Waals surface area contributed by atoms with E-state index in [0.717, 1.165) is 24.6 Å². The minimum atomic E-state index is -0.994. The van der Waals surface area contributed by atoms with Crippen LogP contribution >= 0.6 is 0 Å². The fourth-order valence-electron chi connectivity index (χ4n) is 3.33. The molecule has 0 spiro atoms. The Bertz CT molecular complexity index is 677. The van der Waals surface area contributed by atoms with Gasteiger partial charge in [0.25, 0.3) is 0 Å². The highest BCUT2D eigenvalue weighted by molar-refractivity contribution is 5.87. The summed E-state index contributed by atoms with van der Waals surface area (Å²) in [4.78, 5) is 24.4. The Kier molecular flexibility index (Phi) is 8.05. The van der Waals surface area contributed by atoms with Gasteiger partial charge in [-0.05, 0) is 30.0 Å². The number of hydrogen-bond donors (Lipinski definition) is 3. The first-order valence-electron chi connectivity index (χ1n) is 9.18. The third-order valence-electron chi connectivity index (χ3n) is 4.66. The predicted molar refractivity (Wildman–Crippen MR) is 98.8 cm³/mol. The van der Waals surface area contributed by atoms with E-state index in [9.17, 15) is 18.4 Å². The molecule has 3 N–H and O–H groups in total. The van der Waals surface area contributed by atoms with E-state index in [1.807, 2.05) is 0 Å². The number of carbonyl (C=O) groups excluding carboxylic acids is 2. The molecule has 1 aliphatic carbocycles. The molecule has 1 aromatic carbocycles. The molecular formula is C20H25F2N3O2. The van der Waals surface area contributed by atoms with Crippen LogP contribution in [-0.2, 0) is 11.2 Å². The molecule has 1 unspecified atom stereocenters. The normalized spacial score (nSPS) is 15.0. The molecule has 0 radical (unpaired) electrons. The standard InChI is InChI=1S/C20H25F2N3O2/c1-2-8-23-19(26)18(12-15-10-16(21)13-17(22)11-15)25-20(27)24-9-7-14-5-3-4-6-14/h1,10-11,13-14,18H,3-9,12H2,(H,23,26)(H2,24,25,27). The van der Waals surface area contributed by atoms with Crippen LogP contribution in [0.1, 0.15) is 37.7 Å². The van der Waals surface area contributed by atoms with Crippen LogP contribution in [0.2, 0.25) is 0 Å². The molecule has 7 heteroatoms. The minimum absolute atomic E-state index is 0.00216. The molecule has 1 saturated carbocycles. The predicted octanol–water partition coefficient (Wildman–Crippen LogP) is 2.50. The SMILES string of the molecule is C#CCNC(=O)C(Cc1cc(F)cc(F)c1)NC(=O)NCCC1CCCC1. The Morgan fingerprint density at radius 3 is 2.44 bits per heavy atom. The van der Waals surface area contributed by atoms with Gasteiger partial charge in [0.2, 0.25) is 5.91 Å². The molecule has 0 bridgehead atoms. The summed E-state index contributed by atoms with van der Waals surface area (Å²) < 4.78 is 26.8. The van der Waals surface area contributed by atoms with Crippen LogP contribution in [0.4, 0.5) is 13.6 Å². The average Bonchev–Trinajstić information content (AvgIpc) is 3.11. The third kappa shape index (κ3) is 7.26. The van der Waals surface area contributed by atoms with Gasteiger partial charge in [-0.15, -0.1) is 6.42 Å². The Morgan fingerprint density at radius 1 is 1.15 bits per heavy atom. The second kappa shape index (κ2) is 10.5. The highest BCUT2D eigenvalue weighted by atomic mass is 19.1. The summed E-state index contributed by atoms with van der Waals surface area (Å²) in [6.07, 6.45) is 10.8. The summed E-state index contributed by atoms with van der Waals surface area (Å²) >= 11 is 0. The monoisotopic (exact) mass is 377 g/mol. The molecule has 1 aliphatic rings. The van der Waals surface area contributed by atoms with Gasteiger partial charge in [-0.3, -0.25) is 4.79 Å². The van der Waals surface area contributed by atoms with Crippen LogP contribution in [0.3, 0.4) is 0 Å². The molecule has 1 aromatic rings. The fraction of sp³-hybridized carbons (Fsp3) is 0.500. The van der Waals surface area contributed by atoms with Crippen molar-refractivity contribution < 1.29 is 18.4 Å². The van der Waals surface area contributed by atoms with Crippen LogP contribution in [0, 0.1) is 29.9 Å². The van der Waals surface area contributed by atoms with Crippen molar-refractivity contribution >= 4 is 11.9 Å². The minimum Gasteiger partial charge on any atom is -0.343 e. The lowest BCUT2D eigenvalue weighted by molar-refractivity contribution is -0.122. The van der Waals surface area contributed by atoms with Crippen molar-refractivity contribution in [1.29, 1.82) is 0 Å². The second-order valence-corrected chi connectivity index (χ2v) is 6.80. The topological polar surface area (TPSA) is 70.2 Å². The van der Waals surface area contributed by atoms with Crippen molar-refractivity contribution in [2.45, 2.75) is 44.6 Å². The molecule has 0 heterocycles. The van der Waals surface area contributed by atoms with Crippen LogP contribution in [-0.4, -0.2) is 31.1 Å². The number of urea groups is 1. The summed E-state index contributed by atoms with van der Waals surface area (Å²) in [5.74, 6) is 0.914. The third-order valence-corrected chi connectivity index (χ3v) is 4.66. The van der Waals surface area contributed by atoms with Gasteiger partial charge in [0.15, 0.2) is 0 Å². The number of halogens is 2. The highest BCUT2D eigenvalue weighted by Gasteiger charge is 2.22. The molecule has 146 valence electrons. The zero-order valence-electron chi connectivity index (χ0n) is 15.2. The van der Waals surface area contributed by atoms with Gasteiger partial charge >= 0.3 is 6.03 Å². The zero-order chi connectivity index (χ0) is 19.6. The van der Waals surface area contributed by atoms with Crippen molar-refractivity contribution in [3.63, 3.8) is 0 Å². The van der Waals surface area contributed by atoms with E-state index in [0.29, 0.717) is 12.5 Å². The molecule has 0 saturated heterocycles. The number of terminal acetylenes is 1. The van der Waals surface area contributed by atoms with Gasteiger partial charge in [0, 0.05) is 19.0 Å². The lowest BCUT2D eigenvalue weighted by atomic mass is 10.0. The summed E-state index contributed by atoms with van der Waals surface area (Å²) in [5.41, 5.74) is 0.264. The first kappa shape index (κ1) is 20.7. The van der Waals surface area contributed by atoms with E-state index < -0.39 is 29.6 Å². The van der Waals surface area contributed by atoms with E-state index >= 15 is 0 Å². The van der Waals surface area contributed by atoms with Crippen LogP contribution in [0.5, 0.6) is 0 Å². The molecule has 0 aliphatic heterocycles. The molecule has 27 heavy (non-hydrogen) atoms. The summed E-state index contributed by atoms with van der Waals surface area (Å²) in [6.45, 7) is 0.515. The Morgan fingerprint density at radius 2 is 1.81 bits per heavy atom. The second-order valence-electron chi connectivity index (χ2n) is 6.80. The molecular weight excluding hydrogens is 352 g/mol. The maximum Gasteiger partial charge on any atom is 0.315 e. The Balaban J connectivity index is 1.93.